The van der Waals surface area contributed by atoms with Crippen molar-refractivity contribution in [2.24, 2.45) is 0 Å². The number of para-hydroxylation sites is 2. The number of fused-ring (bicyclic) bond motifs is 3. The summed E-state index contributed by atoms with van der Waals surface area (Å²) in [6.45, 7) is 9.39. The fraction of sp³-hybridized carbons (Fsp3) is 0.292. The minimum Gasteiger partial charge on any atom is -0.494 e. The molecule has 0 amide bonds. The second-order valence-electron chi connectivity index (χ2n) is 8.55. The number of aliphatic hydroxyl groups excluding tert-OH is 1. The average molecular weight is 405 g/mol. The second kappa shape index (κ2) is 7.32. The number of aromatic nitrogens is 2. The maximum atomic E-state index is 9.86. The van der Waals surface area contributed by atoms with E-state index < -0.39 is 8.07 Å². The van der Waals surface area contributed by atoms with E-state index in [9.17, 15) is 5.11 Å². The van der Waals surface area contributed by atoms with E-state index in [-0.39, 0.29) is 6.61 Å². The minimum absolute atomic E-state index is 0.126. The van der Waals surface area contributed by atoms with Crippen molar-refractivity contribution in [2.45, 2.75) is 33.0 Å². The second-order valence-corrected chi connectivity index (χ2v) is 13.5. The Balaban J connectivity index is 2.28. The number of aliphatic hydroxyl groups is 1. The molecule has 0 aliphatic heterocycles. The van der Waals surface area contributed by atoms with E-state index in [0.717, 1.165) is 27.6 Å². The van der Waals surface area contributed by atoms with Crippen LogP contribution in [0.2, 0.25) is 19.6 Å². The molecule has 0 radical (unpaired) electrons. The van der Waals surface area contributed by atoms with Gasteiger partial charge in [0.1, 0.15) is 11.3 Å². The Bertz CT molecular complexity index is 1210. The Morgan fingerprint density at radius 1 is 1.03 bits per heavy atom. The number of hydrogen-bond acceptors (Lipinski definition) is 3. The van der Waals surface area contributed by atoms with Crippen LogP contribution < -0.4 is 10.1 Å². The van der Waals surface area contributed by atoms with Gasteiger partial charge in [-0.3, -0.25) is 4.98 Å². The van der Waals surface area contributed by atoms with Crippen LogP contribution >= 0.6 is 0 Å². The van der Waals surface area contributed by atoms with Gasteiger partial charge in [-0.1, -0.05) is 50.0 Å². The van der Waals surface area contributed by atoms with Crippen LogP contribution in [-0.2, 0) is 6.42 Å². The molecule has 0 atom stereocenters. The zero-order valence-corrected chi connectivity index (χ0v) is 18.8. The largest absolute Gasteiger partial charge is 0.494 e. The minimum atomic E-state index is -1.76. The van der Waals surface area contributed by atoms with Gasteiger partial charge in [0.25, 0.3) is 0 Å². The van der Waals surface area contributed by atoms with Gasteiger partial charge in [0.15, 0.2) is 0 Å². The smallest absolute Gasteiger partial charge is 0.145 e. The summed E-state index contributed by atoms with van der Waals surface area (Å²) >= 11 is 0. The van der Waals surface area contributed by atoms with E-state index in [1.165, 1.54) is 22.1 Å². The van der Waals surface area contributed by atoms with Crippen LogP contribution in [0, 0.1) is 6.92 Å². The molecule has 0 saturated carbocycles. The van der Waals surface area contributed by atoms with E-state index in [1.807, 2.05) is 18.3 Å². The standard InChI is InChI=1S/C24H28N2O2Si/c1-16-9-6-7-11-20(16)26-23-18-10-8-12-21(28-2)22(18)25-15-19(23)17(13-14-27)24(26)29(3,4)5/h6-12,15,27H,13-14H2,1-5H3. The molecule has 4 aromatic rings. The lowest BCUT2D eigenvalue weighted by Crippen LogP contribution is -2.44. The van der Waals surface area contributed by atoms with Crippen molar-refractivity contribution in [1.29, 1.82) is 0 Å². The van der Waals surface area contributed by atoms with Crippen LogP contribution in [0.1, 0.15) is 11.1 Å². The highest BCUT2D eigenvalue weighted by molar-refractivity contribution is 6.89. The first-order valence-electron chi connectivity index (χ1n) is 10.0. The molecular weight excluding hydrogens is 376 g/mol. The fourth-order valence-corrected chi connectivity index (χ4v) is 6.46. The van der Waals surface area contributed by atoms with Gasteiger partial charge in [0, 0.05) is 34.6 Å². The summed E-state index contributed by atoms with van der Waals surface area (Å²) in [6, 6.07) is 14.6. The molecule has 0 unspecified atom stereocenters. The molecule has 0 saturated heterocycles. The van der Waals surface area contributed by atoms with Gasteiger partial charge in [0.2, 0.25) is 0 Å². The Labute approximate surface area is 172 Å². The first kappa shape index (κ1) is 19.7. The number of aryl methyl sites for hydroxylation is 1. The summed E-state index contributed by atoms with van der Waals surface area (Å²) in [7, 11) is -0.0787. The van der Waals surface area contributed by atoms with E-state index in [0.29, 0.717) is 6.42 Å². The summed E-state index contributed by atoms with van der Waals surface area (Å²) in [5, 5.41) is 13.4. The number of hydrogen-bond donors (Lipinski definition) is 1. The van der Waals surface area contributed by atoms with Crippen molar-refractivity contribution < 1.29 is 9.84 Å². The molecule has 0 fully saturated rings. The summed E-state index contributed by atoms with van der Waals surface area (Å²) in [5.74, 6) is 0.778. The van der Waals surface area contributed by atoms with Crippen molar-refractivity contribution in [3.05, 3.63) is 59.8 Å². The van der Waals surface area contributed by atoms with Crippen LogP contribution in [0.25, 0.3) is 27.5 Å². The normalized spacial score (nSPS) is 12.1. The zero-order chi connectivity index (χ0) is 20.8. The van der Waals surface area contributed by atoms with Gasteiger partial charge in [-0.15, -0.1) is 0 Å². The van der Waals surface area contributed by atoms with Gasteiger partial charge in [0.05, 0.1) is 20.7 Å². The van der Waals surface area contributed by atoms with Gasteiger partial charge >= 0.3 is 0 Å². The van der Waals surface area contributed by atoms with Crippen molar-refractivity contribution in [3.8, 4) is 11.4 Å². The van der Waals surface area contributed by atoms with E-state index in [2.05, 4.69) is 61.5 Å². The van der Waals surface area contributed by atoms with Gasteiger partial charge in [-0.05, 0) is 36.6 Å². The molecule has 4 rings (SSSR count). The van der Waals surface area contributed by atoms with Crippen LogP contribution in [0.15, 0.2) is 48.7 Å². The monoisotopic (exact) mass is 404 g/mol. The molecule has 0 aliphatic carbocycles. The lowest BCUT2D eigenvalue weighted by Gasteiger charge is -2.24. The quantitative estimate of drug-likeness (QED) is 0.496. The van der Waals surface area contributed by atoms with Crippen LogP contribution in [0.4, 0.5) is 0 Å². The lowest BCUT2D eigenvalue weighted by molar-refractivity contribution is 0.300. The van der Waals surface area contributed by atoms with Gasteiger partial charge in [-0.2, -0.15) is 0 Å². The van der Waals surface area contributed by atoms with Crippen LogP contribution in [0.5, 0.6) is 5.75 Å². The first-order chi connectivity index (χ1) is 13.9. The molecule has 2 aromatic carbocycles. The molecule has 2 aromatic heterocycles. The summed E-state index contributed by atoms with van der Waals surface area (Å²) in [4.78, 5) is 4.77. The zero-order valence-electron chi connectivity index (χ0n) is 17.8. The molecule has 0 bridgehead atoms. The van der Waals surface area contributed by atoms with Crippen molar-refractivity contribution in [3.63, 3.8) is 0 Å². The van der Waals surface area contributed by atoms with E-state index in [1.54, 1.807) is 7.11 Å². The topological polar surface area (TPSA) is 47.3 Å². The molecule has 150 valence electrons. The number of pyridine rings is 1. The highest BCUT2D eigenvalue weighted by Gasteiger charge is 2.30. The fourth-order valence-electron chi connectivity index (χ4n) is 4.39. The molecule has 5 heteroatoms. The molecule has 29 heavy (non-hydrogen) atoms. The SMILES string of the molecule is COc1cccc2c1ncc1c(CCO)c([Si](C)(C)C)n(-c3ccccc3C)c12. The Kier molecular flexibility index (Phi) is 4.96. The maximum Gasteiger partial charge on any atom is 0.145 e. The number of methoxy groups -OCH3 is 1. The predicted octanol–water partition coefficient (Wildman–Crippen LogP) is 4.58. The van der Waals surface area contributed by atoms with Gasteiger partial charge in [-0.25, -0.2) is 0 Å². The first-order valence-corrected chi connectivity index (χ1v) is 13.5. The predicted molar refractivity (Wildman–Crippen MR) is 124 cm³/mol. The number of nitrogens with zero attached hydrogens (tertiary/aromatic N) is 2. The Morgan fingerprint density at radius 3 is 2.45 bits per heavy atom. The molecule has 2 heterocycles. The van der Waals surface area contributed by atoms with Crippen molar-refractivity contribution in [1.82, 2.24) is 9.55 Å². The molecule has 0 spiro atoms. The number of ether oxygens (including phenoxy) is 1. The highest BCUT2D eigenvalue weighted by Crippen LogP contribution is 2.35. The molecular formula is C24H28N2O2Si. The Hall–Kier alpha value is -2.63. The van der Waals surface area contributed by atoms with E-state index >= 15 is 0 Å². The van der Waals surface area contributed by atoms with Crippen molar-refractivity contribution >= 4 is 35.2 Å². The number of benzene rings is 2. The van der Waals surface area contributed by atoms with E-state index in [4.69, 9.17) is 9.72 Å². The van der Waals surface area contributed by atoms with Gasteiger partial charge < -0.3 is 14.4 Å². The average Bonchev–Trinajstić information content (AvgIpc) is 3.03. The molecule has 1 N–H and O–H groups in total. The van der Waals surface area contributed by atoms with Crippen LogP contribution in [0.3, 0.4) is 0 Å². The molecule has 4 nitrogen and oxygen atoms in total. The Morgan fingerprint density at radius 2 is 1.79 bits per heavy atom. The summed E-state index contributed by atoms with van der Waals surface area (Å²) < 4.78 is 8.03. The third kappa shape index (κ3) is 3.14. The maximum absolute atomic E-state index is 9.86. The summed E-state index contributed by atoms with van der Waals surface area (Å²) in [6.07, 6.45) is 2.59. The third-order valence-corrected chi connectivity index (χ3v) is 7.48. The summed E-state index contributed by atoms with van der Waals surface area (Å²) in [5.41, 5.74) is 5.67. The molecule has 0 aliphatic rings. The third-order valence-electron chi connectivity index (χ3n) is 5.54. The highest BCUT2D eigenvalue weighted by atomic mass is 28.3. The van der Waals surface area contributed by atoms with Crippen molar-refractivity contribution in [2.75, 3.05) is 13.7 Å². The lowest BCUT2D eigenvalue weighted by atomic mass is 10.1. The van der Waals surface area contributed by atoms with Crippen LogP contribution in [-0.4, -0.2) is 36.4 Å². The number of rotatable bonds is 5.